The second-order valence-corrected chi connectivity index (χ2v) is 5.31. The first-order valence-electron chi connectivity index (χ1n) is 5.75. The lowest BCUT2D eigenvalue weighted by Gasteiger charge is -2.33. The van der Waals surface area contributed by atoms with Crippen LogP contribution in [0.4, 0.5) is 10.1 Å². The van der Waals surface area contributed by atoms with E-state index in [1.165, 1.54) is 12.1 Å². The van der Waals surface area contributed by atoms with Gasteiger partial charge in [0.05, 0.1) is 4.92 Å². The standard InChI is InChI=1S/C12H16BFNO4/c1-11(2,16)12(3,4)19-13-8-6-5-7-9(10(8)14)15(17)18/h5-7,16H,1-4H3/p+1. The minimum atomic E-state index is -0.939. The fourth-order valence-electron chi connectivity index (χ4n) is 1.13. The minimum absolute atomic E-state index is 0.00785. The SMILES string of the molecule is CC(C)([OH2+])C(C)(C)O[B]c1cccc([N+](=O)[O-])c1F. The number of hydrogen-bond donors (Lipinski definition) is 0. The van der Waals surface area contributed by atoms with Crippen molar-refractivity contribution in [2.24, 2.45) is 0 Å². The van der Waals surface area contributed by atoms with Crippen molar-refractivity contribution in [2.75, 3.05) is 0 Å². The topological polar surface area (TPSA) is 75.3 Å². The van der Waals surface area contributed by atoms with E-state index in [1.807, 2.05) is 0 Å². The molecule has 0 heterocycles. The highest BCUT2D eigenvalue weighted by Gasteiger charge is 2.40. The molecular weight excluding hydrogens is 252 g/mol. The van der Waals surface area contributed by atoms with Gasteiger partial charge in [0.25, 0.3) is 0 Å². The van der Waals surface area contributed by atoms with E-state index in [9.17, 15) is 14.5 Å². The molecule has 0 aliphatic carbocycles. The Kier molecular flexibility index (Phi) is 4.32. The maximum Gasteiger partial charge on any atom is 0.334 e. The third-order valence-corrected chi connectivity index (χ3v) is 3.19. The van der Waals surface area contributed by atoms with Crippen LogP contribution in [0.25, 0.3) is 0 Å². The zero-order valence-electron chi connectivity index (χ0n) is 11.4. The van der Waals surface area contributed by atoms with E-state index in [0.717, 1.165) is 13.5 Å². The third kappa shape index (κ3) is 3.51. The van der Waals surface area contributed by atoms with E-state index >= 15 is 0 Å². The van der Waals surface area contributed by atoms with Crippen LogP contribution in [0.2, 0.25) is 0 Å². The van der Waals surface area contributed by atoms with Crippen LogP contribution in [0.3, 0.4) is 0 Å². The Labute approximate surface area is 111 Å². The Morgan fingerprint density at radius 2 is 1.95 bits per heavy atom. The number of nitro benzene ring substituents is 1. The highest BCUT2D eigenvalue weighted by Crippen LogP contribution is 2.24. The quantitative estimate of drug-likeness (QED) is 0.349. The van der Waals surface area contributed by atoms with Crippen LogP contribution in [-0.2, 0) is 4.65 Å². The highest BCUT2D eigenvalue weighted by molar-refractivity contribution is 6.47. The molecule has 2 N–H and O–H groups in total. The molecule has 7 heteroatoms. The molecule has 0 unspecified atom stereocenters. The average Bonchev–Trinajstić information content (AvgIpc) is 2.25. The number of halogens is 1. The summed E-state index contributed by atoms with van der Waals surface area (Å²) in [5.74, 6) is -0.939. The van der Waals surface area contributed by atoms with Crippen LogP contribution in [0.5, 0.6) is 0 Å². The van der Waals surface area contributed by atoms with Crippen molar-refractivity contribution >= 4 is 18.6 Å². The fraction of sp³-hybridized carbons (Fsp3) is 0.500. The number of nitrogens with zero attached hydrogens (tertiary/aromatic N) is 1. The van der Waals surface area contributed by atoms with Crippen LogP contribution in [-0.4, -0.2) is 28.7 Å². The van der Waals surface area contributed by atoms with Crippen molar-refractivity contribution in [2.45, 2.75) is 38.9 Å². The zero-order valence-corrected chi connectivity index (χ0v) is 11.4. The van der Waals surface area contributed by atoms with Gasteiger partial charge in [-0.2, -0.15) is 4.39 Å². The molecule has 5 nitrogen and oxygen atoms in total. The lowest BCUT2D eigenvalue weighted by atomic mass is 9.82. The average molecular weight is 269 g/mol. The number of nitro groups is 1. The van der Waals surface area contributed by atoms with Crippen LogP contribution >= 0.6 is 0 Å². The second-order valence-electron chi connectivity index (χ2n) is 5.31. The predicted octanol–water partition coefficient (Wildman–Crippen LogP) is 1.28. The van der Waals surface area contributed by atoms with Gasteiger partial charge in [-0.05, 0) is 19.3 Å². The Morgan fingerprint density at radius 3 is 2.42 bits per heavy atom. The molecule has 1 aromatic rings. The monoisotopic (exact) mass is 269 g/mol. The summed E-state index contributed by atoms with van der Waals surface area (Å²) in [6.45, 7) is 6.74. The van der Waals surface area contributed by atoms with Crippen molar-refractivity contribution < 1.29 is 19.1 Å². The number of rotatable bonds is 5. The van der Waals surface area contributed by atoms with Crippen LogP contribution in [0.15, 0.2) is 18.2 Å². The van der Waals surface area contributed by atoms with Gasteiger partial charge in [-0.25, -0.2) is 0 Å². The van der Waals surface area contributed by atoms with Gasteiger partial charge in [0, 0.05) is 19.9 Å². The molecule has 0 saturated heterocycles. The molecule has 0 bridgehead atoms. The first kappa shape index (κ1) is 15.6. The molecule has 0 aliphatic heterocycles. The van der Waals surface area contributed by atoms with Gasteiger partial charge in [-0.15, -0.1) is 0 Å². The summed E-state index contributed by atoms with van der Waals surface area (Å²) < 4.78 is 19.2. The molecular formula is C12H17BFNO4+. The van der Waals surface area contributed by atoms with E-state index < -0.39 is 27.6 Å². The Bertz CT molecular complexity index is 485. The molecule has 1 aromatic carbocycles. The molecule has 0 amide bonds. The zero-order chi connectivity index (χ0) is 14.8. The van der Waals surface area contributed by atoms with Crippen molar-refractivity contribution in [3.63, 3.8) is 0 Å². The maximum absolute atomic E-state index is 13.8. The van der Waals surface area contributed by atoms with E-state index in [-0.39, 0.29) is 5.46 Å². The van der Waals surface area contributed by atoms with E-state index in [4.69, 9.17) is 9.76 Å². The summed E-state index contributed by atoms with van der Waals surface area (Å²) in [7, 11) is 1.12. The second kappa shape index (κ2) is 5.26. The van der Waals surface area contributed by atoms with Gasteiger partial charge in [0.1, 0.15) is 5.60 Å². The van der Waals surface area contributed by atoms with Gasteiger partial charge >= 0.3 is 13.2 Å². The molecule has 103 valence electrons. The van der Waals surface area contributed by atoms with Crippen LogP contribution in [0.1, 0.15) is 27.7 Å². The van der Waals surface area contributed by atoms with E-state index in [2.05, 4.69) is 0 Å². The summed E-state index contributed by atoms with van der Waals surface area (Å²) >= 11 is 0. The molecule has 0 aromatic heterocycles. The minimum Gasteiger partial charge on any atom is -0.439 e. The molecule has 1 rings (SSSR count). The lowest BCUT2D eigenvalue weighted by Crippen LogP contribution is -2.49. The first-order chi connectivity index (χ1) is 8.56. The number of benzene rings is 1. The normalized spacial score (nSPS) is 12.3. The summed E-state index contributed by atoms with van der Waals surface area (Å²) in [5.41, 5.74) is -2.36. The first-order valence-corrected chi connectivity index (χ1v) is 5.75. The van der Waals surface area contributed by atoms with Gasteiger partial charge in [-0.1, -0.05) is 12.1 Å². The molecule has 0 spiro atoms. The molecule has 0 atom stereocenters. The molecule has 19 heavy (non-hydrogen) atoms. The fourth-order valence-corrected chi connectivity index (χ4v) is 1.13. The van der Waals surface area contributed by atoms with Gasteiger partial charge < -0.3 is 9.76 Å². The van der Waals surface area contributed by atoms with E-state index in [1.54, 1.807) is 27.7 Å². The van der Waals surface area contributed by atoms with Crippen molar-refractivity contribution in [3.8, 4) is 0 Å². The largest absolute Gasteiger partial charge is 0.439 e. The van der Waals surface area contributed by atoms with Crippen molar-refractivity contribution in [1.82, 2.24) is 0 Å². The Morgan fingerprint density at radius 1 is 1.37 bits per heavy atom. The molecule has 0 saturated carbocycles. The van der Waals surface area contributed by atoms with Crippen LogP contribution in [0, 0.1) is 15.9 Å². The summed E-state index contributed by atoms with van der Waals surface area (Å²) in [5, 5.41) is 18.5. The summed E-state index contributed by atoms with van der Waals surface area (Å²) in [6, 6.07) is 3.86. The Balaban J connectivity index is 2.91. The molecule has 1 radical (unpaired) electrons. The number of hydrogen-bond acceptors (Lipinski definition) is 3. The predicted molar refractivity (Wildman–Crippen MR) is 71.3 cm³/mol. The molecule has 0 aliphatic rings. The van der Waals surface area contributed by atoms with E-state index in [0.29, 0.717) is 0 Å². The highest BCUT2D eigenvalue weighted by atomic mass is 19.1. The maximum atomic E-state index is 13.8. The van der Waals surface area contributed by atoms with Gasteiger partial charge in [0.2, 0.25) is 0 Å². The van der Waals surface area contributed by atoms with Gasteiger partial charge in [-0.3, -0.25) is 10.1 Å². The van der Waals surface area contributed by atoms with Crippen molar-refractivity contribution in [3.05, 3.63) is 34.1 Å². The van der Waals surface area contributed by atoms with Crippen LogP contribution < -0.4 is 5.46 Å². The van der Waals surface area contributed by atoms with Gasteiger partial charge in [0.15, 0.2) is 11.4 Å². The lowest BCUT2D eigenvalue weighted by molar-refractivity contribution is -0.387. The third-order valence-electron chi connectivity index (χ3n) is 3.19. The summed E-state index contributed by atoms with van der Waals surface area (Å²) in [4.78, 5) is 9.83. The summed E-state index contributed by atoms with van der Waals surface area (Å²) in [6.07, 6.45) is 0. The molecule has 0 fully saturated rings. The van der Waals surface area contributed by atoms with Crippen molar-refractivity contribution in [1.29, 1.82) is 0 Å². The smallest absolute Gasteiger partial charge is 0.334 e. The Hall–Kier alpha value is -1.47.